The Bertz CT molecular complexity index is 906. The largest absolute Gasteiger partial charge is 0.496 e. The van der Waals surface area contributed by atoms with E-state index in [0.29, 0.717) is 16.9 Å². The van der Waals surface area contributed by atoms with Gasteiger partial charge in [0, 0.05) is 19.0 Å². The average Bonchev–Trinajstić information content (AvgIpc) is 2.60. The van der Waals surface area contributed by atoms with E-state index in [1.54, 1.807) is 18.2 Å². The van der Waals surface area contributed by atoms with Gasteiger partial charge in [-0.15, -0.1) is 0 Å². The number of aryl methyl sites for hydroxylation is 1. The second-order valence-electron chi connectivity index (χ2n) is 6.53. The van der Waals surface area contributed by atoms with Gasteiger partial charge in [-0.1, -0.05) is 29.8 Å². The maximum Gasteiger partial charge on any atom is 0.323 e. The zero-order valence-corrected chi connectivity index (χ0v) is 16.1. The highest BCUT2D eigenvalue weighted by Gasteiger charge is 2.18. The summed E-state index contributed by atoms with van der Waals surface area (Å²) in [6.45, 7) is 2.94. The Labute approximate surface area is 163 Å². The fraction of sp³-hybridized carbons (Fsp3) is 0.286. The summed E-state index contributed by atoms with van der Waals surface area (Å²) in [6, 6.07) is 10.8. The lowest BCUT2D eigenvalue weighted by molar-refractivity contribution is -0.144. The second-order valence-corrected chi connectivity index (χ2v) is 6.53. The number of carbonyl (C=O) groups is 3. The summed E-state index contributed by atoms with van der Waals surface area (Å²) in [4.78, 5) is 35.3. The Morgan fingerprint density at radius 1 is 1.00 bits per heavy atom. The molecule has 2 aromatic carbocycles. The smallest absolute Gasteiger partial charge is 0.323 e. The van der Waals surface area contributed by atoms with E-state index in [2.05, 4.69) is 0 Å². The van der Waals surface area contributed by atoms with Crippen LogP contribution in [0.1, 0.15) is 23.6 Å². The Kier molecular flexibility index (Phi) is 6.76. The summed E-state index contributed by atoms with van der Waals surface area (Å²) in [7, 11) is 1.52. The molecule has 0 aliphatic rings. The Balaban J connectivity index is 2.55. The highest BCUT2D eigenvalue weighted by molar-refractivity contribution is 5.81. The monoisotopic (exact) mass is 385 g/mol. The molecule has 0 saturated carbocycles. The van der Waals surface area contributed by atoms with Gasteiger partial charge in [0.15, 0.2) is 0 Å². The minimum absolute atomic E-state index is 0.116. The molecule has 0 aliphatic heterocycles. The van der Waals surface area contributed by atoms with Crippen molar-refractivity contribution in [2.75, 3.05) is 13.7 Å². The van der Waals surface area contributed by atoms with Crippen LogP contribution >= 0.6 is 0 Å². The number of carboxylic acid groups (broad SMARTS) is 2. The maximum absolute atomic E-state index is 11.9. The van der Waals surface area contributed by atoms with Crippen molar-refractivity contribution < 1.29 is 29.3 Å². The molecular formula is C21H23NO6. The summed E-state index contributed by atoms with van der Waals surface area (Å²) in [5.74, 6) is -1.82. The second kappa shape index (κ2) is 9.03. The topological polar surface area (TPSA) is 104 Å². The Hall–Kier alpha value is -3.35. The molecule has 1 amide bonds. The molecule has 0 saturated heterocycles. The first-order valence-electron chi connectivity index (χ1n) is 8.67. The first-order valence-corrected chi connectivity index (χ1v) is 8.67. The minimum Gasteiger partial charge on any atom is -0.496 e. The number of hydrogen-bond donors (Lipinski definition) is 2. The number of rotatable bonds is 8. The van der Waals surface area contributed by atoms with Crippen LogP contribution in [0.5, 0.6) is 5.75 Å². The normalized spacial score (nSPS) is 10.4. The number of aliphatic carboxylic acids is 2. The van der Waals surface area contributed by atoms with Crippen LogP contribution in [-0.2, 0) is 27.3 Å². The third-order valence-electron chi connectivity index (χ3n) is 4.30. The third kappa shape index (κ3) is 5.33. The molecule has 0 spiro atoms. The van der Waals surface area contributed by atoms with Crippen molar-refractivity contribution in [2.45, 2.75) is 26.8 Å². The van der Waals surface area contributed by atoms with Crippen LogP contribution in [-0.4, -0.2) is 46.6 Å². The molecule has 0 unspecified atom stereocenters. The summed E-state index contributed by atoms with van der Waals surface area (Å²) in [5.41, 5.74) is 3.77. The molecule has 0 aromatic heterocycles. The van der Waals surface area contributed by atoms with Gasteiger partial charge in [-0.3, -0.25) is 14.4 Å². The van der Waals surface area contributed by atoms with Gasteiger partial charge in [0.05, 0.1) is 13.5 Å². The van der Waals surface area contributed by atoms with E-state index in [-0.39, 0.29) is 18.9 Å². The highest BCUT2D eigenvalue weighted by Crippen LogP contribution is 2.34. The molecular weight excluding hydrogens is 362 g/mol. The number of carbonyl (C=O) groups excluding carboxylic acids is 1. The summed E-state index contributed by atoms with van der Waals surface area (Å²) < 4.78 is 5.44. The van der Waals surface area contributed by atoms with Gasteiger partial charge in [0.1, 0.15) is 12.3 Å². The van der Waals surface area contributed by atoms with Crippen molar-refractivity contribution in [3.8, 4) is 16.9 Å². The van der Waals surface area contributed by atoms with Gasteiger partial charge in [-0.2, -0.15) is 0 Å². The predicted molar refractivity (Wildman–Crippen MR) is 103 cm³/mol. The van der Waals surface area contributed by atoms with Crippen molar-refractivity contribution >= 4 is 17.8 Å². The van der Waals surface area contributed by atoms with E-state index in [9.17, 15) is 14.4 Å². The van der Waals surface area contributed by atoms with Crippen LogP contribution in [0.25, 0.3) is 11.1 Å². The quantitative estimate of drug-likeness (QED) is 0.724. The van der Waals surface area contributed by atoms with Crippen molar-refractivity contribution in [2.24, 2.45) is 0 Å². The zero-order valence-electron chi connectivity index (χ0n) is 16.1. The molecule has 2 aromatic rings. The lowest BCUT2D eigenvalue weighted by atomic mass is 9.94. The lowest BCUT2D eigenvalue weighted by Gasteiger charge is -2.22. The summed E-state index contributed by atoms with van der Waals surface area (Å²) in [6.07, 6.45) is -0.128. The molecule has 148 valence electrons. The molecule has 0 bridgehead atoms. The Morgan fingerprint density at radius 3 is 2.29 bits per heavy atom. The van der Waals surface area contributed by atoms with Gasteiger partial charge in [-0.25, -0.2) is 0 Å². The van der Waals surface area contributed by atoms with Gasteiger partial charge in [-0.05, 0) is 35.7 Å². The van der Waals surface area contributed by atoms with E-state index in [1.165, 1.54) is 18.9 Å². The van der Waals surface area contributed by atoms with Crippen LogP contribution in [0.4, 0.5) is 0 Å². The minimum atomic E-state index is -1.09. The fourth-order valence-corrected chi connectivity index (χ4v) is 3.01. The molecule has 7 nitrogen and oxygen atoms in total. The van der Waals surface area contributed by atoms with Gasteiger partial charge in [0.2, 0.25) is 5.91 Å². The van der Waals surface area contributed by atoms with E-state index in [4.69, 9.17) is 14.9 Å². The molecule has 2 N–H and O–H groups in total. The van der Waals surface area contributed by atoms with Crippen molar-refractivity contribution in [1.82, 2.24) is 4.90 Å². The van der Waals surface area contributed by atoms with E-state index in [0.717, 1.165) is 16.7 Å². The number of benzene rings is 2. The number of methoxy groups -OCH3 is 1. The van der Waals surface area contributed by atoms with Crippen molar-refractivity contribution in [1.29, 1.82) is 0 Å². The molecule has 28 heavy (non-hydrogen) atoms. The number of nitrogens with zero attached hydrogens (tertiary/aromatic N) is 1. The van der Waals surface area contributed by atoms with Crippen LogP contribution in [0.15, 0.2) is 36.4 Å². The molecule has 2 rings (SSSR count). The lowest BCUT2D eigenvalue weighted by Crippen LogP contribution is -2.33. The fourth-order valence-electron chi connectivity index (χ4n) is 3.01. The molecule has 7 heteroatoms. The van der Waals surface area contributed by atoms with Gasteiger partial charge < -0.3 is 19.8 Å². The number of amides is 1. The van der Waals surface area contributed by atoms with Crippen LogP contribution in [0.3, 0.4) is 0 Å². The zero-order chi connectivity index (χ0) is 20.8. The van der Waals surface area contributed by atoms with Gasteiger partial charge >= 0.3 is 11.9 Å². The standard InChI is InChI=1S/C21H23NO6/c1-13-4-6-17(16(8-13)11-22(14(2)23)12-21(26)27)18-9-15(10-20(24)25)5-7-19(18)28-3/h4-9H,10-12H2,1-3H3,(H,24,25)(H,26,27). The Morgan fingerprint density at radius 2 is 1.71 bits per heavy atom. The molecule has 0 aliphatic carbocycles. The van der Waals surface area contributed by atoms with Gasteiger partial charge in [0.25, 0.3) is 0 Å². The average molecular weight is 385 g/mol. The van der Waals surface area contributed by atoms with Crippen molar-refractivity contribution in [3.63, 3.8) is 0 Å². The SMILES string of the molecule is COc1ccc(CC(=O)O)cc1-c1ccc(C)cc1CN(CC(=O)O)C(C)=O. The number of carboxylic acids is 2. The van der Waals surface area contributed by atoms with E-state index < -0.39 is 18.5 Å². The molecule has 0 fully saturated rings. The van der Waals surface area contributed by atoms with E-state index in [1.807, 2.05) is 25.1 Å². The first kappa shape index (κ1) is 21.0. The van der Waals surface area contributed by atoms with E-state index >= 15 is 0 Å². The van der Waals surface area contributed by atoms with Crippen LogP contribution < -0.4 is 4.74 Å². The van der Waals surface area contributed by atoms with Crippen molar-refractivity contribution in [3.05, 3.63) is 53.1 Å². The maximum atomic E-state index is 11.9. The summed E-state index contributed by atoms with van der Waals surface area (Å²) >= 11 is 0. The summed E-state index contributed by atoms with van der Waals surface area (Å²) in [5, 5.41) is 18.2. The number of hydrogen-bond acceptors (Lipinski definition) is 4. The molecule has 0 radical (unpaired) electrons. The molecule has 0 atom stereocenters. The van der Waals surface area contributed by atoms with Crippen LogP contribution in [0.2, 0.25) is 0 Å². The number of ether oxygens (including phenoxy) is 1. The van der Waals surface area contributed by atoms with Crippen LogP contribution in [0, 0.1) is 6.92 Å². The predicted octanol–water partition coefficient (Wildman–Crippen LogP) is 2.73. The third-order valence-corrected chi connectivity index (χ3v) is 4.30. The molecule has 0 heterocycles. The first-order chi connectivity index (χ1) is 13.2. The highest BCUT2D eigenvalue weighted by atomic mass is 16.5.